The van der Waals surface area contributed by atoms with Crippen LogP contribution in [0.4, 0.5) is 5.82 Å². The standard InChI is InChI=1S/C26H34N8O/c1-18-28-20-10-6-7-11-21(20)34(18)26-30-24-23(25(31-26)33-12-14-35-15-13-33)29-22(32(24)2)17-27-16-19-8-4-3-5-9-19/h6-7,10-11,19,27H,3-5,8-9,12-17H2,1-2H3. The number of anilines is 1. The number of ether oxygens (including phenoxy) is 1. The van der Waals surface area contributed by atoms with E-state index < -0.39 is 0 Å². The molecule has 1 saturated carbocycles. The lowest BCUT2D eigenvalue weighted by atomic mass is 9.89. The molecule has 4 aromatic rings. The molecule has 2 aliphatic rings. The molecule has 0 atom stereocenters. The number of para-hydroxylation sites is 2. The number of nitrogens with zero attached hydrogens (tertiary/aromatic N) is 7. The van der Waals surface area contributed by atoms with Crippen LogP contribution in [0.3, 0.4) is 0 Å². The molecule has 1 aliphatic heterocycles. The van der Waals surface area contributed by atoms with Gasteiger partial charge in [0.2, 0.25) is 5.95 Å². The van der Waals surface area contributed by atoms with Gasteiger partial charge in [-0.3, -0.25) is 4.57 Å². The van der Waals surface area contributed by atoms with Gasteiger partial charge in [0.05, 0.1) is 30.8 Å². The van der Waals surface area contributed by atoms with E-state index in [2.05, 4.69) is 27.9 Å². The largest absolute Gasteiger partial charge is 0.378 e. The van der Waals surface area contributed by atoms with Crippen LogP contribution in [0.5, 0.6) is 0 Å². The van der Waals surface area contributed by atoms with E-state index in [1.165, 1.54) is 32.1 Å². The zero-order chi connectivity index (χ0) is 23.8. The van der Waals surface area contributed by atoms with Gasteiger partial charge in [0, 0.05) is 20.1 Å². The molecule has 9 heteroatoms. The van der Waals surface area contributed by atoms with Crippen molar-refractivity contribution in [2.45, 2.75) is 45.6 Å². The van der Waals surface area contributed by atoms with Crippen molar-refractivity contribution in [3.05, 3.63) is 35.9 Å². The number of aryl methyl sites for hydroxylation is 2. The fraction of sp³-hybridized carbons (Fsp3) is 0.538. The summed E-state index contributed by atoms with van der Waals surface area (Å²) in [6.07, 6.45) is 6.79. The Morgan fingerprint density at radius 2 is 1.80 bits per heavy atom. The number of morpholine rings is 1. The molecule has 35 heavy (non-hydrogen) atoms. The highest BCUT2D eigenvalue weighted by molar-refractivity contribution is 5.86. The Bertz CT molecular complexity index is 1330. The number of rotatable bonds is 6. The molecule has 2 fully saturated rings. The lowest BCUT2D eigenvalue weighted by Gasteiger charge is -2.28. The van der Waals surface area contributed by atoms with Crippen molar-refractivity contribution in [1.29, 1.82) is 0 Å². The van der Waals surface area contributed by atoms with Crippen LogP contribution >= 0.6 is 0 Å². The van der Waals surface area contributed by atoms with Crippen LogP contribution in [-0.4, -0.2) is 61.9 Å². The Balaban J connectivity index is 1.40. The summed E-state index contributed by atoms with van der Waals surface area (Å²) in [7, 11) is 2.06. The average Bonchev–Trinajstić information content (AvgIpc) is 3.40. The SMILES string of the molecule is Cc1nc2ccccc2n1-c1nc(N2CCOCC2)c2nc(CNCC3CCCCC3)n(C)c2n1. The molecule has 0 unspecified atom stereocenters. The maximum Gasteiger partial charge on any atom is 0.239 e. The van der Waals surface area contributed by atoms with Gasteiger partial charge in [-0.25, -0.2) is 9.97 Å². The summed E-state index contributed by atoms with van der Waals surface area (Å²) in [6, 6.07) is 8.14. The van der Waals surface area contributed by atoms with Gasteiger partial charge < -0.3 is 19.5 Å². The van der Waals surface area contributed by atoms with Crippen LogP contribution in [0, 0.1) is 12.8 Å². The van der Waals surface area contributed by atoms with E-state index in [1.54, 1.807) is 0 Å². The molecule has 0 spiro atoms. The number of imidazole rings is 2. The van der Waals surface area contributed by atoms with E-state index in [4.69, 9.17) is 24.7 Å². The minimum absolute atomic E-state index is 0.634. The number of benzene rings is 1. The maximum absolute atomic E-state index is 5.62. The highest BCUT2D eigenvalue weighted by atomic mass is 16.5. The maximum atomic E-state index is 5.62. The normalized spacial score (nSPS) is 17.6. The summed E-state index contributed by atoms with van der Waals surface area (Å²) in [5.74, 6) is 4.15. The van der Waals surface area contributed by atoms with Gasteiger partial charge in [0.1, 0.15) is 11.6 Å². The van der Waals surface area contributed by atoms with Gasteiger partial charge in [-0.1, -0.05) is 31.4 Å². The summed E-state index contributed by atoms with van der Waals surface area (Å²) >= 11 is 0. The lowest BCUT2D eigenvalue weighted by molar-refractivity contribution is 0.122. The van der Waals surface area contributed by atoms with Crippen molar-refractivity contribution < 1.29 is 4.74 Å². The van der Waals surface area contributed by atoms with Crippen LogP contribution in [0.2, 0.25) is 0 Å². The van der Waals surface area contributed by atoms with Crippen LogP contribution < -0.4 is 10.2 Å². The zero-order valence-electron chi connectivity index (χ0n) is 20.7. The van der Waals surface area contributed by atoms with Gasteiger partial charge in [0.15, 0.2) is 17.0 Å². The smallest absolute Gasteiger partial charge is 0.239 e. The fourth-order valence-electron chi connectivity index (χ4n) is 5.51. The number of hydrogen-bond acceptors (Lipinski definition) is 7. The fourth-order valence-corrected chi connectivity index (χ4v) is 5.51. The third-order valence-electron chi connectivity index (χ3n) is 7.46. The monoisotopic (exact) mass is 474 g/mol. The molecule has 9 nitrogen and oxygen atoms in total. The Hall–Kier alpha value is -3.04. The summed E-state index contributed by atoms with van der Waals surface area (Å²) in [5, 5.41) is 3.67. The first kappa shape index (κ1) is 22.4. The molecular weight excluding hydrogens is 440 g/mol. The van der Waals surface area contributed by atoms with Crippen molar-refractivity contribution >= 4 is 28.0 Å². The van der Waals surface area contributed by atoms with Crippen LogP contribution in [-0.2, 0) is 18.3 Å². The van der Waals surface area contributed by atoms with Gasteiger partial charge in [-0.2, -0.15) is 9.97 Å². The first-order valence-electron chi connectivity index (χ1n) is 12.9. The molecule has 0 amide bonds. The minimum atomic E-state index is 0.634. The first-order chi connectivity index (χ1) is 17.2. The van der Waals surface area contributed by atoms with Crippen LogP contribution in [0.1, 0.15) is 43.8 Å². The summed E-state index contributed by atoms with van der Waals surface area (Å²) < 4.78 is 9.78. The second-order valence-corrected chi connectivity index (χ2v) is 9.82. The van der Waals surface area contributed by atoms with Crippen molar-refractivity contribution in [2.24, 2.45) is 13.0 Å². The van der Waals surface area contributed by atoms with E-state index in [9.17, 15) is 0 Å². The molecule has 1 aliphatic carbocycles. The van der Waals surface area contributed by atoms with E-state index >= 15 is 0 Å². The summed E-state index contributed by atoms with van der Waals surface area (Å²) in [4.78, 5) is 22.2. The van der Waals surface area contributed by atoms with Crippen molar-refractivity contribution in [3.8, 4) is 5.95 Å². The molecule has 1 aromatic carbocycles. The molecular formula is C26H34N8O. The highest BCUT2D eigenvalue weighted by Gasteiger charge is 2.24. The lowest BCUT2D eigenvalue weighted by Crippen LogP contribution is -2.37. The Kier molecular flexibility index (Phi) is 6.12. The van der Waals surface area contributed by atoms with Crippen molar-refractivity contribution in [2.75, 3.05) is 37.7 Å². The quantitative estimate of drug-likeness (QED) is 0.458. The molecule has 1 saturated heterocycles. The molecule has 1 N–H and O–H groups in total. The Morgan fingerprint density at radius 1 is 1.00 bits per heavy atom. The number of aromatic nitrogens is 6. The Labute approximate surface area is 205 Å². The molecule has 0 radical (unpaired) electrons. The second-order valence-electron chi connectivity index (χ2n) is 9.82. The van der Waals surface area contributed by atoms with Gasteiger partial charge in [0.25, 0.3) is 0 Å². The third-order valence-corrected chi connectivity index (χ3v) is 7.46. The van der Waals surface area contributed by atoms with E-state index in [-0.39, 0.29) is 0 Å². The number of hydrogen-bond donors (Lipinski definition) is 1. The van der Waals surface area contributed by atoms with Crippen molar-refractivity contribution in [1.82, 2.24) is 34.4 Å². The predicted molar refractivity (Wildman–Crippen MR) is 137 cm³/mol. The molecule has 3 aromatic heterocycles. The topological polar surface area (TPSA) is 85.9 Å². The summed E-state index contributed by atoms with van der Waals surface area (Å²) in [5.41, 5.74) is 3.66. The van der Waals surface area contributed by atoms with E-state index in [0.29, 0.717) is 19.2 Å². The Morgan fingerprint density at radius 3 is 2.63 bits per heavy atom. The number of nitrogens with one attached hydrogen (secondary N) is 1. The van der Waals surface area contributed by atoms with Gasteiger partial charge >= 0.3 is 0 Å². The molecule has 184 valence electrons. The van der Waals surface area contributed by atoms with Crippen LogP contribution in [0.15, 0.2) is 24.3 Å². The molecule has 6 rings (SSSR count). The molecule has 4 heterocycles. The van der Waals surface area contributed by atoms with E-state index in [1.807, 2.05) is 29.7 Å². The highest BCUT2D eigenvalue weighted by Crippen LogP contribution is 2.28. The van der Waals surface area contributed by atoms with Gasteiger partial charge in [-0.05, 0) is 44.4 Å². The van der Waals surface area contributed by atoms with E-state index in [0.717, 1.165) is 71.8 Å². The zero-order valence-corrected chi connectivity index (χ0v) is 20.7. The van der Waals surface area contributed by atoms with Crippen LogP contribution in [0.25, 0.3) is 28.1 Å². The number of fused-ring (bicyclic) bond motifs is 2. The second kappa shape index (κ2) is 9.54. The minimum Gasteiger partial charge on any atom is -0.378 e. The third kappa shape index (κ3) is 4.27. The van der Waals surface area contributed by atoms with Gasteiger partial charge in [-0.15, -0.1) is 0 Å². The first-order valence-corrected chi connectivity index (χ1v) is 12.9. The predicted octanol–water partition coefficient (Wildman–Crippen LogP) is 3.52. The average molecular weight is 475 g/mol. The molecule has 0 bridgehead atoms. The summed E-state index contributed by atoms with van der Waals surface area (Å²) in [6.45, 7) is 6.76. The van der Waals surface area contributed by atoms with Crippen molar-refractivity contribution in [3.63, 3.8) is 0 Å².